The maximum atomic E-state index is 4.23. The lowest BCUT2D eigenvalue weighted by molar-refractivity contribution is 1.15. The molecule has 6 aliphatic heterocycles. The Morgan fingerprint density at radius 3 is 1.06 bits per heavy atom. The first-order valence-electron chi connectivity index (χ1n) is 33.3. The van der Waals surface area contributed by atoms with Crippen molar-refractivity contribution in [1.82, 2.24) is 9.13 Å². The summed E-state index contributed by atoms with van der Waals surface area (Å²) in [5, 5.41) is 9.41. The smallest absolute Gasteiger partial charge is 0.252 e. The molecule has 0 atom stereocenters. The van der Waals surface area contributed by atoms with Crippen LogP contribution in [0.3, 0.4) is 0 Å². The molecule has 8 heterocycles. The fraction of sp³-hybridized carbons (Fsp3) is 0.143. The monoisotopic (exact) mass is 1190 g/mol. The molecule has 0 spiro atoms. The van der Waals surface area contributed by atoms with Gasteiger partial charge in [0.1, 0.15) is 0 Å². The molecule has 0 amide bonds. The summed E-state index contributed by atoms with van der Waals surface area (Å²) in [5.41, 5.74) is 48.2. The van der Waals surface area contributed by atoms with E-state index in [2.05, 4.69) is 294 Å². The standard InChI is InChI=1S/C84H67B3N6/c1-43-27-49(7)80(50(8)28-43)91-69-41-65-61(85-59-23-17-21-57-55-19-13-15-25-67(55)89(83(57)59)72-34-46(4)33-66(88-65)77(72)85)39-62(69)87-64-40-63-70(42-71(64)93(76-38-48(6)37-75(91)79(76)87)82-53(11)31-45(3)32-54(82)12)92(81-51(9)29-44(2)30-52(81)10)74-36-47(5)35-73-78(74)86(63)60-24-18-22-58-56-20-14-16-26-68(56)90(73)84(58)60/h13-42,88H,1-12H3. The van der Waals surface area contributed by atoms with Crippen LogP contribution in [0.2, 0.25) is 0 Å². The van der Waals surface area contributed by atoms with Crippen molar-refractivity contribution >= 4 is 175 Å². The Kier molecular flexibility index (Phi) is 10.5. The molecule has 0 radical (unpaired) electrons. The van der Waals surface area contributed by atoms with Crippen LogP contribution in [-0.4, -0.2) is 29.3 Å². The summed E-state index contributed by atoms with van der Waals surface area (Å²) in [4.78, 5) is 8.10. The van der Waals surface area contributed by atoms with Crippen molar-refractivity contribution in [3.63, 3.8) is 0 Å². The van der Waals surface area contributed by atoms with Gasteiger partial charge in [-0.2, -0.15) is 0 Å². The normalized spacial score (nSPS) is 14.0. The Hall–Kier alpha value is -10.4. The zero-order valence-corrected chi connectivity index (χ0v) is 54.8. The number of hydrogen-bond acceptors (Lipinski definition) is 4. The Balaban J connectivity index is 0.948. The third kappa shape index (κ3) is 6.81. The van der Waals surface area contributed by atoms with E-state index in [1.807, 2.05) is 0 Å². The zero-order valence-electron chi connectivity index (χ0n) is 54.8. The van der Waals surface area contributed by atoms with Gasteiger partial charge in [-0.3, -0.25) is 0 Å². The molecule has 14 aromatic rings. The molecule has 0 unspecified atom stereocenters. The van der Waals surface area contributed by atoms with Crippen LogP contribution in [0.15, 0.2) is 182 Å². The van der Waals surface area contributed by atoms with Gasteiger partial charge in [0.2, 0.25) is 0 Å². The van der Waals surface area contributed by atoms with E-state index in [1.54, 1.807) is 0 Å². The highest BCUT2D eigenvalue weighted by atomic mass is 15.2. The highest BCUT2D eigenvalue weighted by Crippen LogP contribution is 2.52. The molecule has 9 heteroatoms. The van der Waals surface area contributed by atoms with Gasteiger partial charge in [-0.15, -0.1) is 0 Å². The summed E-state index contributed by atoms with van der Waals surface area (Å²) in [6.07, 6.45) is 0. The summed E-state index contributed by atoms with van der Waals surface area (Å²) < 4.78 is 5.19. The first-order valence-corrected chi connectivity index (χ1v) is 33.3. The highest BCUT2D eigenvalue weighted by molar-refractivity contribution is 7.04. The van der Waals surface area contributed by atoms with Crippen molar-refractivity contribution in [2.75, 3.05) is 20.0 Å². The first kappa shape index (κ1) is 53.3. The van der Waals surface area contributed by atoms with Crippen molar-refractivity contribution in [2.24, 2.45) is 0 Å². The number of nitrogens with one attached hydrogen (secondary N) is 1. The van der Waals surface area contributed by atoms with Gasteiger partial charge in [0.05, 0.1) is 28.1 Å². The van der Waals surface area contributed by atoms with Gasteiger partial charge in [-0.25, -0.2) is 0 Å². The van der Waals surface area contributed by atoms with E-state index in [-0.39, 0.29) is 20.1 Å². The first-order chi connectivity index (χ1) is 45.1. The van der Waals surface area contributed by atoms with Gasteiger partial charge in [-0.1, -0.05) is 138 Å². The van der Waals surface area contributed by atoms with Crippen molar-refractivity contribution in [2.45, 2.75) is 83.1 Å². The van der Waals surface area contributed by atoms with Crippen molar-refractivity contribution in [3.05, 3.63) is 249 Å². The maximum Gasteiger partial charge on any atom is 0.252 e. The Morgan fingerprint density at radius 1 is 0.258 bits per heavy atom. The van der Waals surface area contributed by atoms with Crippen molar-refractivity contribution in [3.8, 4) is 11.4 Å². The van der Waals surface area contributed by atoms with Crippen LogP contribution in [0.1, 0.15) is 66.8 Å². The number of nitrogens with zero attached hydrogens (tertiary/aromatic N) is 5. The van der Waals surface area contributed by atoms with E-state index >= 15 is 0 Å². The van der Waals surface area contributed by atoms with Gasteiger partial charge in [-0.05, 0) is 243 Å². The van der Waals surface area contributed by atoms with Gasteiger partial charge >= 0.3 is 0 Å². The van der Waals surface area contributed by atoms with Crippen LogP contribution in [0, 0.1) is 83.1 Å². The molecule has 442 valence electrons. The number of anilines is 11. The topological polar surface area (TPSA) is 31.6 Å². The number of benzene rings is 12. The van der Waals surface area contributed by atoms with E-state index in [0.29, 0.717) is 0 Å². The average Bonchev–Trinajstić information content (AvgIpc) is 1.63. The van der Waals surface area contributed by atoms with Crippen molar-refractivity contribution in [1.29, 1.82) is 0 Å². The minimum Gasteiger partial charge on any atom is -0.356 e. The van der Waals surface area contributed by atoms with Gasteiger partial charge < -0.3 is 29.2 Å². The lowest BCUT2D eigenvalue weighted by atomic mass is 9.29. The fourth-order valence-corrected chi connectivity index (χ4v) is 19.4. The summed E-state index contributed by atoms with van der Waals surface area (Å²) >= 11 is 0. The molecule has 2 aromatic heterocycles. The molecular formula is C84H67B3N6. The summed E-state index contributed by atoms with van der Waals surface area (Å²) in [6.45, 7) is 27.4. The third-order valence-electron chi connectivity index (χ3n) is 22.2. The van der Waals surface area contributed by atoms with E-state index in [0.717, 1.165) is 5.69 Å². The molecule has 6 aliphatic rings. The number of para-hydroxylation sites is 4. The molecule has 1 N–H and O–H groups in total. The summed E-state index contributed by atoms with van der Waals surface area (Å²) in [7, 11) is 0. The van der Waals surface area contributed by atoms with Gasteiger partial charge in [0.15, 0.2) is 0 Å². The minimum atomic E-state index is -0.174. The van der Waals surface area contributed by atoms with E-state index in [4.69, 9.17) is 0 Å². The maximum absolute atomic E-state index is 4.23. The molecule has 93 heavy (non-hydrogen) atoms. The van der Waals surface area contributed by atoms with Crippen LogP contribution in [-0.2, 0) is 0 Å². The van der Waals surface area contributed by atoms with E-state index in [9.17, 15) is 0 Å². The molecule has 6 nitrogen and oxygen atoms in total. The number of fused-ring (bicyclic) bond motifs is 18. The molecule has 0 aliphatic carbocycles. The lowest BCUT2D eigenvalue weighted by Crippen LogP contribution is -2.66. The molecule has 0 bridgehead atoms. The predicted octanol–water partition coefficient (Wildman–Crippen LogP) is 15.2. The average molecular weight is 1190 g/mol. The minimum absolute atomic E-state index is 0.0313. The van der Waals surface area contributed by atoms with Crippen LogP contribution in [0.4, 0.5) is 62.6 Å². The molecule has 0 saturated carbocycles. The summed E-state index contributed by atoms with van der Waals surface area (Å²) in [5.74, 6) is 0. The lowest BCUT2D eigenvalue weighted by Gasteiger charge is -2.48. The van der Waals surface area contributed by atoms with E-state index < -0.39 is 0 Å². The quantitative estimate of drug-likeness (QED) is 0.179. The SMILES string of the molecule is Cc1cc(C)c(N2c3cc4c(cc3B3c5cc6c(cc5N(c5c(C)cc(C)cc5C)c5cc(C)cc2c53)N(c2c(C)cc(C)cc2C)c2cc(C)cc3c2B6c2cccc5c6ccccc6n-3c25)B2c3c(cc(C)cc3-n3c5ccccc5c5cccc2c53)N4)c(C)c1. The fourth-order valence-electron chi connectivity index (χ4n) is 19.4. The van der Waals surface area contributed by atoms with Crippen LogP contribution >= 0.6 is 0 Å². The second-order valence-electron chi connectivity index (χ2n) is 28.5. The molecular weight excluding hydrogens is 1130 g/mol. The predicted molar refractivity (Wildman–Crippen MR) is 400 cm³/mol. The van der Waals surface area contributed by atoms with Gasteiger partial charge in [0, 0.05) is 89.5 Å². The van der Waals surface area contributed by atoms with E-state index in [1.165, 1.54) is 228 Å². The highest BCUT2D eigenvalue weighted by Gasteiger charge is 2.50. The molecule has 0 fully saturated rings. The second-order valence-corrected chi connectivity index (χ2v) is 28.5. The number of aromatic nitrogens is 2. The van der Waals surface area contributed by atoms with Crippen LogP contribution in [0.5, 0.6) is 0 Å². The number of aryl methyl sites for hydroxylation is 12. The summed E-state index contributed by atoms with van der Waals surface area (Å²) in [6, 6.07) is 72.2. The van der Waals surface area contributed by atoms with Crippen molar-refractivity contribution < 1.29 is 0 Å². The Morgan fingerprint density at radius 2 is 0.602 bits per heavy atom. The Bertz CT molecular complexity index is 5810. The third-order valence-corrected chi connectivity index (χ3v) is 22.2. The van der Waals surface area contributed by atoms with Crippen LogP contribution < -0.4 is 69.2 Å². The Labute approximate surface area is 544 Å². The van der Waals surface area contributed by atoms with Crippen LogP contribution in [0.25, 0.3) is 55.0 Å². The molecule has 20 rings (SSSR count). The second kappa shape index (κ2) is 18.2. The van der Waals surface area contributed by atoms with Gasteiger partial charge in [0.25, 0.3) is 20.1 Å². The number of rotatable bonds is 3. The molecule has 12 aromatic carbocycles. The number of hydrogen-bond donors (Lipinski definition) is 1. The zero-order chi connectivity index (χ0) is 62.8. The largest absolute Gasteiger partial charge is 0.356 e. The molecule has 0 saturated heterocycles.